The average molecular weight is 435 g/mol. The molecule has 2 fully saturated rings. The van der Waals surface area contributed by atoms with Gasteiger partial charge in [0.25, 0.3) is 12.4 Å². The molecule has 2 saturated heterocycles. The maximum absolute atomic E-state index is 12.9. The highest BCUT2D eigenvalue weighted by Crippen LogP contribution is 2.39. The average Bonchev–Trinajstić information content (AvgIpc) is 3.21. The van der Waals surface area contributed by atoms with Crippen LogP contribution in [0.3, 0.4) is 0 Å². The summed E-state index contributed by atoms with van der Waals surface area (Å²) in [6.07, 6.45) is 3.59. The Hall–Kier alpha value is -2.00. The Bertz CT molecular complexity index is 773. The monoisotopic (exact) mass is 434 g/mol. The van der Waals surface area contributed by atoms with Crippen molar-refractivity contribution in [3.05, 3.63) is 34.9 Å². The van der Waals surface area contributed by atoms with Crippen LogP contribution in [0.4, 0.5) is 0 Å². The zero-order chi connectivity index (χ0) is 22.5. The van der Waals surface area contributed by atoms with E-state index in [9.17, 15) is 9.90 Å². The van der Waals surface area contributed by atoms with Gasteiger partial charge in [-0.2, -0.15) is 0 Å². The lowest BCUT2D eigenvalue weighted by Gasteiger charge is -2.51. The number of amides is 1. The molecule has 8 heteroatoms. The number of aliphatic hydroxyl groups is 1. The van der Waals surface area contributed by atoms with Gasteiger partial charge in [0.2, 0.25) is 0 Å². The SMILES string of the molecule is CCCN1CCC2(CC1)C[C@](C)(O)[C@@H](NC(=O)c1cccc3c1COC3)CO2.O=CO. The van der Waals surface area contributed by atoms with Gasteiger partial charge in [-0.25, -0.2) is 0 Å². The van der Waals surface area contributed by atoms with Crippen LogP contribution in [0.1, 0.15) is 61.0 Å². The third-order valence-corrected chi connectivity index (χ3v) is 6.62. The van der Waals surface area contributed by atoms with Crippen LogP contribution in [0, 0.1) is 0 Å². The number of nitrogens with one attached hydrogen (secondary N) is 1. The maximum atomic E-state index is 12.9. The van der Waals surface area contributed by atoms with E-state index >= 15 is 0 Å². The van der Waals surface area contributed by atoms with E-state index in [4.69, 9.17) is 19.4 Å². The molecular weight excluding hydrogens is 400 g/mol. The lowest BCUT2D eigenvalue weighted by Crippen LogP contribution is -2.64. The van der Waals surface area contributed by atoms with Crippen LogP contribution >= 0.6 is 0 Å². The van der Waals surface area contributed by atoms with Crippen molar-refractivity contribution < 1.29 is 29.3 Å². The van der Waals surface area contributed by atoms with Gasteiger partial charge in [-0.3, -0.25) is 9.59 Å². The molecule has 8 nitrogen and oxygen atoms in total. The summed E-state index contributed by atoms with van der Waals surface area (Å²) in [6, 6.07) is 5.29. The fourth-order valence-corrected chi connectivity index (χ4v) is 4.94. The molecule has 0 unspecified atom stereocenters. The zero-order valence-corrected chi connectivity index (χ0v) is 18.4. The van der Waals surface area contributed by atoms with Crippen LogP contribution in [0.15, 0.2) is 18.2 Å². The standard InChI is InChI=1S/C22H32N2O4.CH2O2/c1-3-9-24-10-7-22(8-11-24)15-21(2,26)19(14-28-22)23-20(25)17-6-4-5-16-12-27-13-18(16)17;2-1-3/h4-6,19,26H,3,7-15H2,1-2H3,(H,23,25);1H,(H,2,3)/t19-,21-;/m0./s1. The second kappa shape index (κ2) is 10.1. The second-order valence-corrected chi connectivity index (χ2v) is 8.94. The van der Waals surface area contributed by atoms with Crippen LogP contribution in [0.5, 0.6) is 0 Å². The Balaban J connectivity index is 0.000000858. The molecule has 3 N–H and O–H groups in total. The summed E-state index contributed by atoms with van der Waals surface area (Å²) >= 11 is 0. The molecule has 4 rings (SSSR count). The summed E-state index contributed by atoms with van der Waals surface area (Å²) in [5.74, 6) is -0.162. The number of carbonyl (C=O) groups is 2. The molecule has 0 aromatic heterocycles. The Morgan fingerprint density at radius 1 is 1.32 bits per heavy atom. The van der Waals surface area contributed by atoms with E-state index in [1.807, 2.05) is 25.1 Å². The van der Waals surface area contributed by atoms with Crippen molar-refractivity contribution in [3.63, 3.8) is 0 Å². The normalized spacial score (nSPS) is 27.1. The zero-order valence-electron chi connectivity index (χ0n) is 18.4. The highest BCUT2D eigenvalue weighted by atomic mass is 16.5. The molecule has 0 radical (unpaired) electrons. The lowest BCUT2D eigenvalue weighted by atomic mass is 9.75. The molecule has 0 aliphatic carbocycles. The minimum atomic E-state index is -0.991. The first-order valence-electron chi connectivity index (χ1n) is 11.0. The van der Waals surface area contributed by atoms with Gasteiger partial charge in [0.15, 0.2) is 0 Å². The molecule has 0 bridgehead atoms. The van der Waals surface area contributed by atoms with E-state index in [1.165, 1.54) is 0 Å². The number of benzene rings is 1. The topological polar surface area (TPSA) is 108 Å². The molecule has 1 aromatic carbocycles. The second-order valence-electron chi connectivity index (χ2n) is 8.94. The molecule has 1 amide bonds. The maximum Gasteiger partial charge on any atom is 0.290 e. The Morgan fingerprint density at radius 3 is 2.68 bits per heavy atom. The first kappa shape index (κ1) is 23.7. The van der Waals surface area contributed by atoms with E-state index in [1.54, 1.807) is 0 Å². The van der Waals surface area contributed by atoms with Crippen LogP contribution in [0.25, 0.3) is 0 Å². The molecule has 3 aliphatic heterocycles. The molecule has 1 spiro atoms. The minimum absolute atomic E-state index is 0.162. The van der Waals surface area contributed by atoms with E-state index in [0.29, 0.717) is 31.8 Å². The van der Waals surface area contributed by atoms with Crippen molar-refractivity contribution in [2.75, 3.05) is 26.2 Å². The Labute approximate surface area is 183 Å². The molecule has 3 aliphatic rings. The number of fused-ring (bicyclic) bond motifs is 1. The molecule has 1 aromatic rings. The number of likely N-dealkylation sites (tertiary alicyclic amines) is 1. The van der Waals surface area contributed by atoms with E-state index < -0.39 is 11.6 Å². The molecule has 2 atom stereocenters. The van der Waals surface area contributed by atoms with E-state index in [2.05, 4.69) is 17.1 Å². The third kappa shape index (κ3) is 5.44. The summed E-state index contributed by atoms with van der Waals surface area (Å²) < 4.78 is 11.8. The molecule has 0 saturated carbocycles. The van der Waals surface area contributed by atoms with E-state index in [0.717, 1.165) is 50.0 Å². The van der Waals surface area contributed by atoms with Crippen molar-refractivity contribution in [3.8, 4) is 0 Å². The van der Waals surface area contributed by atoms with Gasteiger partial charge in [0.1, 0.15) is 0 Å². The molecule has 172 valence electrons. The number of hydrogen-bond acceptors (Lipinski definition) is 6. The van der Waals surface area contributed by atoms with Gasteiger partial charge in [-0.15, -0.1) is 0 Å². The fraction of sp³-hybridized carbons (Fsp3) is 0.652. The Morgan fingerprint density at radius 2 is 2.03 bits per heavy atom. The summed E-state index contributed by atoms with van der Waals surface area (Å²) in [5, 5.41) is 21.1. The molecular formula is C23H34N2O6. The minimum Gasteiger partial charge on any atom is -0.483 e. The predicted octanol–water partition coefficient (Wildman–Crippen LogP) is 1.93. The van der Waals surface area contributed by atoms with Gasteiger partial charge in [0, 0.05) is 25.1 Å². The smallest absolute Gasteiger partial charge is 0.290 e. The summed E-state index contributed by atoms with van der Waals surface area (Å²) in [4.78, 5) is 23.7. The summed E-state index contributed by atoms with van der Waals surface area (Å²) in [7, 11) is 0. The van der Waals surface area contributed by atoms with Crippen molar-refractivity contribution in [2.45, 2.75) is 70.0 Å². The number of carboxylic acid groups (broad SMARTS) is 1. The fourth-order valence-electron chi connectivity index (χ4n) is 4.94. The summed E-state index contributed by atoms with van der Waals surface area (Å²) in [6.45, 7) is 8.29. The number of piperidine rings is 1. The van der Waals surface area contributed by atoms with Gasteiger partial charge >= 0.3 is 0 Å². The largest absolute Gasteiger partial charge is 0.483 e. The number of rotatable bonds is 4. The van der Waals surface area contributed by atoms with Gasteiger partial charge in [-0.05, 0) is 49.9 Å². The van der Waals surface area contributed by atoms with Crippen LogP contribution in [0.2, 0.25) is 0 Å². The summed E-state index contributed by atoms with van der Waals surface area (Å²) in [5.41, 5.74) is 1.40. The highest BCUT2D eigenvalue weighted by molar-refractivity contribution is 5.96. The van der Waals surface area contributed by atoms with Crippen molar-refractivity contribution in [1.29, 1.82) is 0 Å². The third-order valence-electron chi connectivity index (χ3n) is 6.62. The van der Waals surface area contributed by atoms with Crippen molar-refractivity contribution >= 4 is 12.4 Å². The predicted molar refractivity (Wildman–Crippen MR) is 115 cm³/mol. The lowest BCUT2D eigenvalue weighted by molar-refractivity contribution is -0.186. The van der Waals surface area contributed by atoms with Crippen molar-refractivity contribution in [2.24, 2.45) is 0 Å². The molecule has 31 heavy (non-hydrogen) atoms. The quantitative estimate of drug-likeness (QED) is 0.622. The van der Waals surface area contributed by atoms with Crippen LogP contribution < -0.4 is 5.32 Å². The first-order chi connectivity index (χ1) is 14.8. The van der Waals surface area contributed by atoms with Crippen LogP contribution in [-0.2, 0) is 27.5 Å². The van der Waals surface area contributed by atoms with Crippen molar-refractivity contribution in [1.82, 2.24) is 10.2 Å². The highest BCUT2D eigenvalue weighted by Gasteiger charge is 2.49. The number of nitrogens with zero attached hydrogens (tertiary/aromatic N) is 1. The van der Waals surface area contributed by atoms with Crippen LogP contribution in [-0.4, -0.2) is 71.0 Å². The number of hydrogen-bond donors (Lipinski definition) is 3. The number of ether oxygens (including phenoxy) is 2. The van der Waals surface area contributed by atoms with Gasteiger partial charge in [-0.1, -0.05) is 19.1 Å². The number of carbonyl (C=O) groups excluding carboxylic acids is 1. The Kier molecular flexibility index (Phi) is 7.69. The van der Waals surface area contributed by atoms with Gasteiger partial charge < -0.3 is 29.9 Å². The van der Waals surface area contributed by atoms with E-state index in [-0.39, 0.29) is 18.0 Å². The van der Waals surface area contributed by atoms with Gasteiger partial charge in [0.05, 0.1) is 37.1 Å². The first-order valence-corrected chi connectivity index (χ1v) is 11.0. The molecule has 3 heterocycles.